The molecule has 21 heavy (non-hydrogen) atoms. The van der Waals surface area contributed by atoms with Crippen LogP contribution in [0.4, 0.5) is 0 Å². The summed E-state index contributed by atoms with van der Waals surface area (Å²) in [6, 6.07) is 15.8. The van der Waals surface area contributed by atoms with Crippen LogP contribution in [-0.4, -0.2) is 12.6 Å². The number of benzene rings is 1. The summed E-state index contributed by atoms with van der Waals surface area (Å²) < 4.78 is 1.23. The van der Waals surface area contributed by atoms with Gasteiger partial charge in [-0.25, -0.2) is 0 Å². The average Bonchev–Trinajstić information content (AvgIpc) is 2.91. The molecule has 114 valence electrons. The van der Waals surface area contributed by atoms with Gasteiger partial charge in [0.05, 0.1) is 3.79 Å². The van der Waals surface area contributed by atoms with Gasteiger partial charge in [0.15, 0.2) is 0 Å². The molecule has 1 aromatic carbocycles. The van der Waals surface area contributed by atoms with Crippen molar-refractivity contribution in [3.05, 3.63) is 56.7 Å². The second kappa shape index (κ2) is 9.39. The van der Waals surface area contributed by atoms with Gasteiger partial charge < -0.3 is 5.32 Å². The summed E-state index contributed by atoms with van der Waals surface area (Å²) in [6.45, 7) is 3.35. The molecule has 3 heteroatoms. The quantitative estimate of drug-likeness (QED) is 0.623. The minimum atomic E-state index is 0.596. The minimum absolute atomic E-state index is 0.596. The van der Waals surface area contributed by atoms with E-state index in [2.05, 4.69) is 70.6 Å². The summed E-state index contributed by atoms with van der Waals surface area (Å²) in [5.41, 5.74) is 1.45. The van der Waals surface area contributed by atoms with Crippen molar-refractivity contribution in [2.45, 2.75) is 45.1 Å². The normalized spacial score (nSPS) is 12.5. The largest absolute Gasteiger partial charge is 0.314 e. The van der Waals surface area contributed by atoms with Gasteiger partial charge in [0.25, 0.3) is 0 Å². The van der Waals surface area contributed by atoms with Gasteiger partial charge in [-0.05, 0) is 72.3 Å². The lowest BCUT2D eigenvalue weighted by Gasteiger charge is -2.17. The molecule has 0 saturated heterocycles. The maximum Gasteiger partial charge on any atom is 0.0701 e. The number of rotatable bonds is 9. The number of hydrogen-bond acceptors (Lipinski definition) is 2. The molecule has 1 unspecified atom stereocenters. The maximum atomic E-state index is 3.70. The first-order valence-corrected chi connectivity index (χ1v) is 9.40. The molecule has 0 aliphatic carbocycles. The van der Waals surface area contributed by atoms with Gasteiger partial charge in [-0.3, -0.25) is 0 Å². The van der Waals surface area contributed by atoms with E-state index in [0.717, 1.165) is 13.0 Å². The maximum absolute atomic E-state index is 3.70. The van der Waals surface area contributed by atoms with E-state index in [9.17, 15) is 0 Å². The van der Waals surface area contributed by atoms with Crippen LogP contribution in [0.5, 0.6) is 0 Å². The van der Waals surface area contributed by atoms with E-state index in [1.165, 1.54) is 39.9 Å². The summed E-state index contributed by atoms with van der Waals surface area (Å²) in [5, 5.41) is 3.70. The van der Waals surface area contributed by atoms with Crippen molar-refractivity contribution in [3.63, 3.8) is 0 Å². The molecule has 2 aromatic rings. The molecule has 0 bridgehead atoms. The van der Waals surface area contributed by atoms with Gasteiger partial charge in [-0.1, -0.05) is 37.3 Å². The number of aryl methyl sites for hydroxylation is 1. The number of halogens is 1. The van der Waals surface area contributed by atoms with Crippen LogP contribution in [0.2, 0.25) is 0 Å². The summed E-state index contributed by atoms with van der Waals surface area (Å²) in [6.07, 6.45) is 6.01. The van der Waals surface area contributed by atoms with Gasteiger partial charge in [-0.15, -0.1) is 11.3 Å². The van der Waals surface area contributed by atoms with Crippen LogP contribution in [0.3, 0.4) is 0 Å². The Labute approximate surface area is 140 Å². The van der Waals surface area contributed by atoms with Gasteiger partial charge in [-0.2, -0.15) is 0 Å². The van der Waals surface area contributed by atoms with Crippen LogP contribution in [0.15, 0.2) is 46.3 Å². The third kappa shape index (κ3) is 6.33. The molecule has 0 spiro atoms. The van der Waals surface area contributed by atoms with E-state index in [1.807, 2.05) is 11.3 Å². The highest BCUT2D eigenvalue weighted by molar-refractivity contribution is 9.11. The van der Waals surface area contributed by atoms with E-state index in [4.69, 9.17) is 0 Å². The molecule has 1 N–H and O–H groups in total. The Bertz CT molecular complexity index is 509. The van der Waals surface area contributed by atoms with Crippen molar-refractivity contribution in [2.24, 2.45) is 0 Å². The summed E-state index contributed by atoms with van der Waals surface area (Å²) >= 11 is 5.41. The monoisotopic (exact) mass is 365 g/mol. The molecule has 0 fully saturated rings. The predicted molar refractivity (Wildman–Crippen MR) is 97.2 cm³/mol. The first-order chi connectivity index (χ1) is 10.3. The summed E-state index contributed by atoms with van der Waals surface area (Å²) in [4.78, 5) is 1.47. The Morgan fingerprint density at radius 3 is 2.62 bits per heavy atom. The fourth-order valence-electron chi connectivity index (χ4n) is 2.53. The lowest BCUT2D eigenvalue weighted by molar-refractivity contribution is 0.467. The fraction of sp³-hybridized carbons (Fsp3) is 0.444. The highest BCUT2D eigenvalue weighted by Gasteiger charge is 2.10. The molecule has 0 aliphatic heterocycles. The highest BCUT2D eigenvalue weighted by atomic mass is 79.9. The molecular formula is C18H24BrNS. The number of thiophene rings is 1. The molecule has 1 nitrogen and oxygen atoms in total. The van der Waals surface area contributed by atoms with E-state index in [0.29, 0.717) is 6.04 Å². The SMILES string of the molecule is CCCNC(CCCc1ccccc1)Cc1ccc(Br)s1. The van der Waals surface area contributed by atoms with Crippen molar-refractivity contribution in [2.75, 3.05) is 6.54 Å². The molecule has 0 saturated carbocycles. The lowest BCUT2D eigenvalue weighted by atomic mass is 10.0. The van der Waals surface area contributed by atoms with E-state index in [1.54, 1.807) is 0 Å². The molecular weight excluding hydrogens is 342 g/mol. The number of hydrogen-bond donors (Lipinski definition) is 1. The average molecular weight is 366 g/mol. The van der Waals surface area contributed by atoms with Crippen molar-refractivity contribution < 1.29 is 0 Å². The second-order valence-corrected chi connectivity index (χ2v) is 7.99. The zero-order valence-electron chi connectivity index (χ0n) is 12.6. The topological polar surface area (TPSA) is 12.0 Å². The number of nitrogens with one attached hydrogen (secondary N) is 1. The molecule has 0 aliphatic rings. The molecule has 2 rings (SSSR count). The van der Waals surface area contributed by atoms with Crippen LogP contribution in [0, 0.1) is 0 Å². The van der Waals surface area contributed by atoms with E-state index in [-0.39, 0.29) is 0 Å². The second-order valence-electron chi connectivity index (χ2n) is 5.44. The Balaban J connectivity index is 1.81. The highest BCUT2D eigenvalue weighted by Crippen LogP contribution is 2.24. The summed E-state index contributed by atoms with van der Waals surface area (Å²) in [5.74, 6) is 0. The smallest absolute Gasteiger partial charge is 0.0701 e. The van der Waals surface area contributed by atoms with Crippen LogP contribution >= 0.6 is 27.3 Å². The first kappa shape index (κ1) is 16.7. The lowest BCUT2D eigenvalue weighted by Crippen LogP contribution is -2.31. The first-order valence-electron chi connectivity index (χ1n) is 7.79. The van der Waals surface area contributed by atoms with E-state index >= 15 is 0 Å². The molecule has 1 aromatic heterocycles. The Morgan fingerprint density at radius 1 is 1.14 bits per heavy atom. The molecule has 1 atom stereocenters. The van der Waals surface area contributed by atoms with Gasteiger partial charge in [0.2, 0.25) is 0 Å². The van der Waals surface area contributed by atoms with Crippen LogP contribution in [0.1, 0.15) is 36.6 Å². The Kier molecular flexibility index (Phi) is 7.48. The predicted octanol–water partition coefficient (Wildman–Crippen LogP) is 5.44. The third-order valence-corrected chi connectivity index (χ3v) is 5.27. The zero-order chi connectivity index (χ0) is 14.9. The molecule has 0 amide bonds. The third-order valence-electron chi connectivity index (χ3n) is 3.62. The fourth-order valence-corrected chi connectivity index (χ4v) is 4.09. The van der Waals surface area contributed by atoms with Crippen LogP contribution in [-0.2, 0) is 12.8 Å². The van der Waals surface area contributed by atoms with Crippen molar-refractivity contribution in [1.82, 2.24) is 5.32 Å². The standard InChI is InChI=1S/C18H24BrNS/c1-2-13-20-16(14-17-11-12-18(19)21-17)10-6-9-15-7-4-3-5-8-15/h3-5,7-8,11-12,16,20H,2,6,9-10,13-14H2,1H3. The van der Waals surface area contributed by atoms with Crippen molar-refractivity contribution in [3.8, 4) is 0 Å². The van der Waals surface area contributed by atoms with Gasteiger partial charge >= 0.3 is 0 Å². The van der Waals surface area contributed by atoms with Crippen LogP contribution < -0.4 is 5.32 Å². The molecule has 0 radical (unpaired) electrons. The van der Waals surface area contributed by atoms with Crippen molar-refractivity contribution >= 4 is 27.3 Å². The van der Waals surface area contributed by atoms with E-state index < -0.39 is 0 Å². The Morgan fingerprint density at radius 2 is 1.95 bits per heavy atom. The zero-order valence-corrected chi connectivity index (χ0v) is 15.1. The van der Waals surface area contributed by atoms with Crippen LogP contribution in [0.25, 0.3) is 0 Å². The van der Waals surface area contributed by atoms with Gasteiger partial charge in [0, 0.05) is 10.9 Å². The minimum Gasteiger partial charge on any atom is -0.314 e. The Hall–Kier alpha value is -0.640. The van der Waals surface area contributed by atoms with Crippen molar-refractivity contribution in [1.29, 1.82) is 0 Å². The van der Waals surface area contributed by atoms with Gasteiger partial charge in [0.1, 0.15) is 0 Å². The molecule has 1 heterocycles. The summed E-state index contributed by atoms with van der Waals surface area (Å²) in [7, 11) is 0.